The fourth-order valence-corrected chi connectivity index (χ4v) is 2.75. The summed E-state index contributed by atoms with van der Waals surface area (Å²) in [6.45, 7) is -5.96. The Kier molecular flexibility index (Phi) is 6.16. The minimum Gasteiger partial charge on any atom is -0.328 e. The third-order valence-electron chi connectivity index (χ3n) is 3.71. The average molecular weight is 449 g/mol. The molecule has 7 nitrogen and oxygen atoms in total. The minimum atomic E-state index is -2.88. The second-order valence-electron chi connectivity index (χ2n) is 5.38. The molecule has 0 amide bonds. The lowest BCUT2D eigenvalue weighted by Gasteiger charge is -2.18. The fourth-order valence-electron chi connectivity index (χ4n) is 2.51. The molecule has 1 atom stereocenters. The van der Waals surface area contributed by atoms with Crippen molar-refractivity contribution in [3.8, 4) is 11.4 Å². The molecule has 0 saturated heterocycles. The van der Waals surface area contributed by atoms with Gasteiger partial charge in [0, 0.05) is 16.9 Å². The second-order valence-corrected chi connectivity index (χ2v) is 6.30. The number of hydrogen-bond acceptors (Lipinski definition) is 5. The van der Waals surface area contributed by atoms with E-state index in [4.69, 9.17) is 0 Å². The quantitative estimate of drug-likeness (QED) is 0.488. The van der Waals surface area contributed by atoms with Crippen molar-refractivity contribution in [2.75, 3.05) is 6.61 Å². The van der Waals surface area contributed by atoms with Crippen molar-refractivity contribution >= 4 is 15.9 Å². The minimum absolute atomic E-state index is 0.0371. The maximum atomic E-state index is 13.0. The van der Waals surface area contributed by atoms with Crippen molar-refractivity contribution < 1.29 is 22.3 Å². The molecule has 3 aromatic heterocycles. The van der Waals surface area contributed by atoms with Crippen molar-refractivity contribution in [3.05, 3.63) is 47.2 Å². The molecule has 0 aromatic carbocycles. The summed E-state index contributed by atoms with van der Waals surface area (Å²) in [5.41, 5.74) is 0.841. The van der Waals surface area contributed by atoms with E-state index in [2.05, 4.69) is 40.9 Å². The molecule has 0 bridgehead atoms. The molecule has 3 heterocycles. The number of imidazole rings is 1. The first-order valence-corrected chi connectivity index (χ1v) is 8.48. The summed E-state index contributed by atoms with van der Waals surface area (Å²) in [6.07, 6.45) is 5.85. The van der Waals surface area contributed by atoms with Crippen molar-refractivity contribution in [2.24, 2.45) is 0 Å². The largest absolute Gasteiger partial charge is 0.345 e. The van der Waals surface area contributed by atoms with Gasteiger partial charge < -0.3 is 9.30 Å². The van der Waals surface area contributed by atoms with Crippen molar-refractivity contribution in [1.29, 1.82) is 0 Å². The van der Waals surface area contributed by atoms with Gasteiger partial charge in [0.2, 0.25) is 0 Å². The SMILES string of the molecule is FC(F)OCCC(c1ccc(Br)cn1)n1cnc(-c2cnnn2C(F)F)c1. The first kappa shape index (κ1) is 19.4. The molecule has 3 aromatic rings. The Morgan fingerprint density at radius 2 is 1.93 bits per heavy atom. The van der Waals surface area contributed by atoms with Gasteiger partial charge in [0.25, 0.3) is 0 Å². The van der Waals surface area contributed by atoms with E-state index in [-0.39, 0.29) is 24.4 Å². The zero-order chi connectivity index (χ0) is 19.4. The molecule has 12 heteroatoms. The monoisotopic (exact) mass is 448 g/mol. The van der Waals surface area contributed by atoms with Crippen LogP contribution in [0.5, 0.6) is 0 Å². The molecule has 0 spiro atoms. The van der Waals surface area contributed by atoms with Crippen LogP contribution in [0.25, 0.3) is 11.4 Å². The lowest BCUT2D eigenvalue weighted by atomic mass is 10.1. The Bertz CT molecular complexity index is 869. The number of hydrogen-bond donors (Lipinski definition) is 0. The second kappa shape index (κ2) is 8.57. The Hall–Kier alpha value is -2.34. The zero-order valence-corrected chi connectivity index (χ0v) is 15.2. The molecule has 0 N–H and O–H groups in total. The van der Waals surface area contributed by atoms with Crippen LogP contribution >= 0.6 is 15.9 Å². The first-order chi connectivity index (χ1) is 13.0. The number of nitrogens with zero attached hydrogens (tertiary/aromatic N) is 6. The van der Waals surface area contributed by atoms with Crippen LogP contribution in [0.2, 0.25) is 0 Å². The highest BCUT2D eigenvalue weighted by Crippen LogP contribution is 2.26. The van der Waals surface area contributed by atoms with Gasteiger partial charge in [0.05, 0.1) is 30.9 Å². The summed E-state index contributed by atoms with van der Waals surface area (Å²) in [5.74, 6) is 0. The number of ether oxygens (including phenoxy) is 1. The van der Waals surface area contributed by atoms with Gasteiger partial charge in [-0.05, 0) is 34.5 Å². The lowest BCUT2D eigenvalue weighted by molar-refractivity contribution is -0.130. The molecular formula is C15H13BrF4N6O. The van der Waals surface area contributed by atoms with Crippen molar-refractivity contribution in [3.63, 3.8) is 0 Å². The van der Waals surface area contributed by atoms with Crippen molar-refractivity contribution in [2.45, 2.75) is 25.6 Å². The summed E-state index contributed by atoms with van der Waals surface area (Å²) < 4.78 is 57.7. The number of aromatic nitrogens is 6. The van der Waals surface area contributed by atoms with Gasteiger partial charge in [-0.1, -0.05) is 5.21 Å². The Morgan fingerprint density at radius 1 is 1.11 bits per heavy atom. The van der Waals surface area contributed by atoms with E-state index >= 15 is 0 Å². The van der Waals surface area contributed by atoms with Crippen LogP contribution in [0.1, 0.15) is 24.7 Å². The molecule has 144 valence electrons. The van der Waals surface area contributed by atoms with Gasteiger partial charge >= 0.3 is 13.2 Å². The summed E-state index contributed by atoms with van der Waals surface area (Å²) in [7, 11) is 0. The molecule has 1 unspecified atom stereocenters. The van der Waals surface area contributed by atoms with E-state index in [9.17, 15) is 17.6 Å². The lowest BCUT2D eigenvalue weighted by Crippen LogP contribution is -2.14. The standard InChI is InChI=1S/C15H13BrF4N6O/c16-9-1-2-10(21-5-9)12(3-4-27-15(19)20)25-7-11(22-8-25)13-6-23-24-26(13)14(17)18/h1-2,5-8,12,14-15H,3-4H2. The Balaban J connectivity index is 1.89. The molecular weight excluding hydrogens is 436 g/mol. The van der Waals surface area contributed by atoms with Gasteiger partial charge in [-0.2, -0.15) is 22.2 Å². The molecule has 0 radical (unpaired) electrons. The van der Waals surface area contributed by atoms with E-state index < -0.39 is 19.2 Å². The molecule has 27 heavy (non-hydrogen) atoms. The number of halogens is 5. The zero-order valence-electron chi connectivity index (χ0n) is 13.6. The highest BCUT2D eigenvalue weighted by atomic mass is 79.9. The number of pyridine rings is 1. The predicted octanol–water partition coefficient (Wildman–Crippen LogP) is 3.91. The van der Waals surface area contributed by atoms with Gasteiger partial charge in [-0.3, -0.25) is 4.98 Å². The summed E-state index contributed by atoms with van der Waals surface area (Å²) in [4.78, 5) is 8.39. The van der Waals surface area contributed by atoms with E-state index in [1.165, 1.54) is 18.7 Å². The topological polar surface area (TPSA) is 70.7 Å². The Labute approximate surface area is 159 Å². The van der Waals surface area contributed by atoms with Gasteiger partial charge in [0.1, 0.15) is 11.4 Å². The van der Waals surface area contributed by atoms with E-state index in [1.807, 2.05) is 0 Å². The summed E-state index contributed by atoms with van der Waals surface area (Å²) in [5, 5.41) is 6.80. The third kappa shape index (κ3) is 4.69. The van der Waals surface area contributed by atoms with E-state index in [1.54, 1.807) is 22.9 Å². The summed E-state index contributed by atoms with van der Waals surface area (Å²) >= 11 is 3.28. The third-order valence-corrected chi connectivity index (χ3v) is 4.18. The van der Waals surface area contributed by atoms with Gasteiger partial charge in [0.15, 0.2) is 0 Å². The van der Waals surface area contributed by atoms with Crippen LogP contribution in [0, 0.1) is 0 Å². The smallest absolute Gasteiger partial charge is 0.328 e. The van der Waals surface area contributed by atoms with E-state index in [0.717, 1.165) is 4.47 Å². The number of rotatable bonds is 8. The molecule has 0 aliphatic rings. The fraction of sp³-hybridized carbons (Fsp3) is 0.333. The van der Waals surface area contributed by atoms with Crippen LogP contribution in [-0.4, -0.2) is 42.7 Å². The van der Waals surface area contributed by atoms with Gasteiger partial charge in [-0.15, -0.1) is 5.10 Å². The highest BCUT2D eigenvalue weighted by Gasteiger charge is 2.20. The average Bonchev–Trinajstić information content (AvgIpc) is 3.28. The van der Waals surface area contributed by atoms with Crippen LogP contribution < -0.4 is 0 Å². The molecule has 3 rings (SSSR count). The summed E-state index contributed by atoms with van der Waals surface area (Å²) in [6, 6.07) is 3.01. The van der Waals surface area contributed by atoms with Crippen LogP contribution in [0.15, 0.2) is 41.5 Å². The van der Waals surface area contributed by atoms with Crippen LogP contribution in [0.4, 0.5) is 17.6 Å². The predicted molar refractivity (Wildman–Crippen MR) is 89.1 cm³/mol. The van der Waals surface area contributed by atoms with E-state index in [0.29, 0.717) is 10.4 Å². The maximum Gasteiger partial charge on any atom is 0.345 e. The van der Waals surface area contributed by atoms with Crippen molar-refractivity contribution in [1.82, 2.24) is 29.5 Å². The molecule has 0 aliphatic carbocycles. The highest BCUT2D eigenvalue weighted by molar-refractivity contribution is 9.10. The molecule has 0 fully saturated rings. The van der Waals surface area contributed by atoms with Gasteiger partial charge in [-0.25, -0.2) is 4.98 Å². The number of alkyl halides is 4. The maximum absolute atomic E-state index is 13.0. The van der Waals surface area contributed by atoms with Crippen LogP contribution in [0.3, 0.4) is 0 Å². The van der Waals surface area contributed by atoms with Crippen LogP contribution in [-0.2, 0) is 4.74 Å². The first-order valence-electron chi connectivity index (χ1n) is 7.69. The molecule has 0 saturated carbocycles. The normalized spacial score (nSPS) is 12.9. The Morgan fingerprint density at radius 3 is 2.59 bits per heavy atom. The molecule has 0 aliphatic heterocycles.